The Hall–Kier alpha value is -2.29. The molecule has 3 nitrogen and oxygen atoms in total. The normalized spacial score (nSPS) is 12.0. The van der Waals surface area contributed by atoms with Crippen molar-refractivity contribution in [2.75, 3.05) is 7.11 Å². The van der Waals surface area contributed by atoms with Crippen LogP contribution < -0.4 is 0 Å². The molecular weight excluding hydrogens is 324 g/mol. The van der Waals surface area contributed by atoms with Gasteiger partial charge < -0.3 is 9.84 Å². The van der Waals surface area contributed by atoms with Crippen LogP contribution in [0.3, 0.4) is 0 Å². The lowest BCUT2D eigenvalue weighted by Gasteiger charge is -2.06. The lowest BCUT2D eigenvalue weighted by molar-refractivity contribution is 0.0600. The predicted molar refractivity (Wildman–Crippen MR) is 109 cm³/mol. The molecule has 3 heteroatoms. The van der Waals surface area contributed by atoms with E-state index in [1.54, 1.807) is 18.2 Å². The van der Waals surface area contributed by atoms with E-state index in [0.29, 0.717) is 12.0 Å². The standard InChI is InChI=1S/C23H32O3/c1-17(2)8-6-9-18(3)10-7-11-19(4)12-13-20-16-21(23(25)26-5)14-15-22(20)24/h8,10,12,14-16,24H,6-7,9,11,13H2,1-5H3. The number of carbonyl (C=O) groups is 1. The zero-order valence-electron chi connectivity index (χ0n) is 16.8. The monoisotopic (exact) mass is 356 g/mol. The Labute approximate surface area is 158 Å². The van der Waals surface area contributed by atoms with Gasteiger partial charge in [-0.1, -0.05) is 34.9 Å². The van der Waals surface area contributed by atoms with Crippen LogP contribution in [0, 0.1) is 0 Å². The molecule has 0 bridgehead atoms. The SMILES string of the molecule is COC(=O)c1ccc(O)c(CC=C(C)CCC=C(C)CCC=C(C)C)c1. The van der Waals surface area contributed by atoms with Crippen LogP contribution in [-0.2, 0) is 11.2 Å². The highest BCUT2D eigenvalue weighted by Crippen LogP contribution is 2.21. The lowest BCUT2D eigenvalue weighted by Crippen LogP contribution is -2.01. The quantitative estimate of drug-likeness (QED) is 0.427. The molecule has 0 saturated heterocycles. The van der Waals surface area contributed by atoms with Crippen molar-refractivity contribution in [1.82, 2.24) is 0 Å². The molecule has 0 aliphatic carbocycles. The molecule has 0 spiro atoms. The van der Waals surface area contributed by atoms with Gasteiger partial charge in [-0.05, 0) is 83.6 Å². The molecule has 1 rings (SSSR count). The van der Waals surface area contributed by atoms with Gasteiger partial charge in [0.05, 0.1) is 12.7 Å². The van der Waals surface area contributed by atoms with E-state index in [0.717, 1.165) is 31.2 Å². The lowest BCUT2D eigenvalue weighted by atomic mass is 10.0. The maximum absolute atomic E-state index is 11.6. The highest BCUT2D eigenvalue weighted by Gasteiger charge is 2.08. The summed E-state index contributed by atoms with van der Waals surface area (Å²) in [5, 5.41) is 9.98. The molecule has 1 aromatic carbocycles. The first-order chi connectivity index (χ1) is 12.3. The summed E-state index contributed by atoms with van der Waals surface area (Å²) < 4.78 is 4.73. The summed E-state index contributed by atoms with van der Waals surface area (Å²) in [6, 6.07) is 4.81. The Morgan fingerprint density at radius 3 is 2.23 bits per heavy atom. The number of carbonyl (C=O) groups excluding carboxylic acids is 1. The van der Waals surface area contributed by atoms with Crippen molar-refractivity contribution in [1.29, 1.82) is 0 Å². The fraction of sp³-hybridized carbons (Fsp3) is 0.435. The van der Waals surface area contributed by atoms with Gasteiger partial charge in [0, 0.05) is 0 Å². The number of methoxy groups -OCH3 is 1. The predicted octanol–water partition coefficient (Wildman–Crippen LogP) is 6.14. The van der Waals surface area contributed by atoms with E-state index in [1.807, 2.05) is 0 Å². The first-order valence-corrected chi connectivity index (χ1v) is 9.18. The van der Waals surface area contributed by atoms with E-state index >= 15 is 0 Å². The topological polar surface area (TPSA) is 46.5 Å². The molecule has 0 unspecified atom stereocenters. The second-order valence-corrected chi connectivity index (χ2v) is 7.00. The Morgan fingerprint density at radius 1 is 1.00 bits per heavy atom. The summed E-state index contributed by atoms with van der Waals surface area (Å²) in [5.41, 5.74) is 5.28. The first kappa shape index (κ1) is 21.8. The summed E-state index contributed by atoms with van der Waals surface area (Å²) >= 11 is 0. The number of ether oxygens (including phenoxy) is 1. The van der Waals surface area contributed by atoms with Crippen molar-refractivity contribution < 1.29 is 14.6 Å². The van der Waals surface area contributed by atoms with Crippen molar-refractivity contribution in [3.05, 3.63) is 64.3 Å². The molecule has 1 N–H and O–H groups in total. The minimum Gasteiger partial charge on any atom is -0.508 e. The minimum absolute atomic E-state index is 0.205. The van der Waals surface area contributed by atoms with Crippen LogP contribution in [-0.4, -0.2) is 18.2 Å². The summed E-state index contributed by atoms with van der Waals surface area (Å²) in [6.45, 7) is 8.56. The maximum atomic E-state index is 11.6. The molecule has 0 amide bonds. The molecule has 0 aliphatic heterocycles. The number of allylic oxidation sites excluding steroid dienone is 6. The third-order valence-corrected chi connectivity index (χ3v) is 4.29. The van der Waals surface area contributed by atoms with E-state index in [4.69, 9.17) is 4.74 Å². The van der Waals surface area contributed by atoms with Crippen molar-refractivity contribution in [3.63, 3.8) is 0 Å². The summed E-state index contributed by atoms with van der Waals surface area (Å²) in [7, 11) is 1.36. The average Bonchev–Trinajstić information content (AvgIpc) is 2.60. The van der Waals surface area contributed by atoms with E-state index in [2.05, 4.69) is 45.9 Å². The highest BCUT2D eigenvalue weighted by molar-refractivity contribution is 5.89. The van der Waals surface area contributed by atoms with Crippen molar-refractivity contribution in [2.24, 2.45) is 0 Å². The van der Waals surface area contributed by atoms with Gasteiger partial charge in [0.25, 0.3) is 0 Å². The number of rotatable bonds is 9. The Morgan fingerprint density at radius 2 is 1.62 bits per heavy atom. The van der Waals surface area contributed by atoms with E-state index in [1.165, 1.54) is 23.8 Å². The summed E-state index contributed by atoms with van der Waals surface area (Å²) in [4.78, 5) is 11.6. The van der Waals surface area contributed by atoms with E-state index < -0.39 is 0 Å². The first-order valence-electron chi connectivity index (χ1n) is 9.18. The fourth-order valence-electron chi connectivity index (χ4n) is 2.62. The maximum Gasteiger partial charge on any atom is 0.337 e. The smallest absolute Gasteiger partial charge is 0.337 e. The van der Waals surface area contributed by atoms with Gasteiger partial charge in [-0.25, -0.2) is 4.79 Å². The molecule has 142 valence electrons. The van der Waals surface area contributed by atoms with Crippen LogP contribution in [0.25, 0.3) is 0 Å². The average molecular weight is 357 g/mol. The van der Waals surface area contributed by atoms with Gasteiger partial charge in [-0.15, -0.1) is 0 Å². The second-order valence-electron chi connectivity index (χ2n) is 7.00. The Kier molecular flexibility index (Phi) is 9.50. The largest absolute Gasteiger partial charge is 0.508 e. The number of esters is 1. The van der Waals surface area contributed by atoms with Gasteiger partial charge in [-0.2, -0.15) is 0 Å². The van der Waals surface area contributed by atoms with Gasteiger partial charge >= 0.3 is 5.97 Å². The molecule has 0 atom stereocenters. The number of phenolic OH excluding ortho intramolecular Hbond substituents is 1. The number of benzene rings is 1. The minimum atomic E-state index is -0.388. The van der Waals surface area contributed by atoms with Gasteiger partial charge in [0.15, 0.2) is 0 Å². The van der Waals surface area contributed by atoms with Crippen LogP contribution in [0.4, 0.5) is 0 Å². The number of phenols is 1. The fourth-order valence-corrected chi connectivity index (χ4v) is 2.62. The van der Waals surface area contributed by atoms with Crippen molar-refractivity contribution >= 4 is 5.97 Å². The molecule has 1 aromatic rings. The third-order valence-electron chi connectivity index (χ3n) is 4.29. The highest BCUT2D eigenvalue weighted by atomic mass is 16.5. The van der Waals surface area contributed by atoms with Gasteiger partial charge in [0.2, 0.25) is 0 Å². The second kappa shape index (κ2) is 11.3. The Balaban J connectivity index is 2.56. The molecule has 0 aromatic heterocycles. The van der Waals surface area contributed by atoms with Crippen LogP contribution in [0.2, 0.25) is 0 Å². The molecule has 0 radical (unpaired) electrons. The molecule has 0 saturated carbocycles. The summed E-state index contributed by atoms with van der Waals surface area (Å²) in [5.74, 6) is -0.183. The number of hydrogen-bond donors (Lipinski definition) is 1. The number of hydrogen-bond acceptors (Lipinski definition) is 3. The van der Waals surface area contributed by atoms with Crippen LogP contribution in [0.1, 0.15) is 69.3 Å². The zero-order valence-corrected chi connectivity index (χ0v) is 16.8. The van der Waals surface area contributed by atoms with Crippen LogP contribution >= 0.6 is 0 Å². The summed E-state index contributed by atoms with van der Waals surface area (Å²) in [6.07, 6.45) is 11.5. The molecule has 0 fully saturated rings. The number of aromatic hydroxyl groups is 1. The van der Waals surface area contributed by atoms with Crippen molar-refractivity contribution in [2.45, 2.75) is 59.8 Å². The third kappa shape index (κ3) is 8.19. The van der Waals surface area contributed by atoms with E-state index in [9.17, 15) is 9.90 Å². The van der Waals surface area contributed by atoms with E-state index in [-0.39, 0.29) is 11.7 Å². The van der Waals surface area contributed by atoms with Crippen molar-refractivity contribution in [3.8, 4) is 5.75 Å². The Bertz CT molecular complexity index is 689. The molecular formula is C23H32O3. The zero-order chi connectivity index (χ0) is 19.5. The van der Waals surface area contributed by atoms with Gasteiger partial charge in [0.1, 0.15) is 5.75 Å². The molecule has 0 aliphatic rings. The molecule has 0 heterocycles. The van der Waals surface area contributed by atoms with Gasteiger partial charge in [-0.3, -0.25) is 0 Å². The van der Waals surface area contributed by atoms with Crippen LogP contribution in [0.5, 0.6) is 5.75 Å². The van der Waals surface area contributed by atoms with Crippen LogP contribution in [0.15, 0.2) is 53.1 Å². The molecule has 26 heavy (non-hydrogen) atoms.